The highest BCUT2D eigenvalue weighted by molar-refractivity contribution is 7.89. The first kappa shape index (κ1) is 18.0. The number of esters is 1. The van der Waals surface area contributed by atoms with Crippen molar-refractivity contribution >= 4 is 16.0 Å². The Morgan fingerprint density at radius 1 is 1.08 bits per heavy atom. The molecule has 2 aromatic carbocycles. The maximum absolute atomic E-state index is 12.4. The molecule has 0 heterocycles. The Morgan fingerprint density at radius 2 is 1.79 bits per heavy atom. The second kappa shape index (κ2) is 7.46. The number of carbonyl (C=O) groups is 1. The molecule has 0 aliphatic rings. The fourth-order valence-corrected chi connectivity index (χ4v) is 3.28. The zero-order valence-corrected chi connectivity index (χ0v) is 14.5. The average molecular weight is 349 g/mol. The molecule has 24 heavy (non-hydrogen) atoms. The number of para-hydroxylation sites is 1. The smallest absolute Gasteiger partial charge is 0.326 e. The van der Waals surface area contributed by atoms with E-state index in [1.807, 2.05) is 6.07 Å². The molecular formula is C17H19NO5S. The minimum Gasteiger partial charge on any atom is -0.495 e. The van der Waals surface area contributed by atoms with Gasteiger partial charge in [-0.1, -0.05) is 24.3 Å². The highest BCUT2D eigenvalue weighted by Crippen LogP contribution is 2.24. The first-order chi connectivity index (χ1) is 11.3. The lowest BCUT2D eigenvalue weighted by atomic mass is 10.2. The van der Waals surface area contributed by atoms with Crippen molar-refractivity contribution in [3.8, 4) is 11.5 Å². The fraction of sp³-hybridized carbons (Fsp3) is 0.235. The van der Waals surface area contributed by atoms with E-state index in [-0.39, 0.29) is 10.6 Å². The van der Waals surface area contributed by atoms with Gasteiger partial charge in [0.05, 0.1) is 7.11 Å². The molecule has 0 spiro atoms. The Bertz CT molecular complexity index is 846. The van der Waals surface area contributed by atoms with Gasteiger partial charge < -0.3 is 9.47 Å². The van der Waals surface area contributed by atoms with Gasteiger partial charge in [-0.2, -0.15) is 4.72 Å². The Morgan fingerprint density at radius 3 is 2.46 bits per heavy atom. The molecule has 0 saturated carbocycles. The van der Waals surface area contributed by atoms with E-state index in [4.69, 9.17) is 9.47 Å². The summed E-state index contributed by atoms with van der Waals surface area (Å²) in [5.74, 6) is -0.0882. The number of aryl methyl sites for hydroxylation is 2. The largest absolute Gasteiger partial charge is 0.495 e. The van der Waals surface area contributed by atoms with Crippen molar-refractivity contribution in [1.82, 2.24) is 4.72 Å². The molecule has 0 unspecified atom stereocenters. The molecule has 6 nitrogen and oxygen atoms in total. The highest BCUT2D eigenvalue weighted by Gasteiger charge is 2.21. The highest BCUT2D eigenvalue weighted by atomic mass is 32.2. The molecule has 0 aromatic heterocycles. The molecule has 0 atom stereocenters. The Hall–Kier alpha value is -2.38. The van der Waals surface area contributed by atoms with Gasteiger partial charge in [-0.05, 0) is 43.2 Å². The summed E-state index contributed by atoms with van der Waals surface area (Å²) in [5.41, 5.74) is 1.55. The van der Waals surface area contributed by atoms with Gasteiger partial charge in [0.15, 0.2) is 0 Å². The summed E-state index contributed by atoms with van der Waals surface area (Å²) >= 11 is 0. The van der Waals surface area contributed by atoms with Gasteiger partial charge in [0.1, 0.15) is 22.9 Å². The molecule has 0 radical (unpaired) electrons. The quantitative estimate of drug-likeness (QED) is 0.639. The van der Waals surface area contributed by atoms with Crippen molar-refractivity contribution in [2.24, 2.45) is 0 Å². The number of benzene rings is 2. The number of hydrogen-bond acceptors (Lipinski definition) is 5. The van der Waals surface area contributed by atoms with E-state index >= 15 is 0 Å². The summed E-state index contributed by atoms with van der Waals surface area (Å²) in [6, 6.07) is 11.8. The van der Waals surface area contributed by atoms with Crippen LogP contribution < -0.4 is 14.2 Å². The number of ether oxygens (including phenoxy) is 2. The third kappa shape index (κ3) is 4.33. The van der Waals surface area contributed by atoms with Gasteiger partial charge in [-0.15, -0.1) is 0 Å². The van der Waals surface area contributed by atoms with Crippen LogP contribution in [0, 0.1) is 13.8 Å². The third-order valence-corrected chi connectivity index (χ3v) is 4.76. The second-order valence-corrected chi connectivity index (χ2v) is 6.95. The van der Waals surface area contributed by atoms with Crippen LogP contribution in [0.3, 0.4) is 0 Å². The molecule has 128 valence electrons. The first-order valence-electron chi connectivity index (χ1n) is 7.24. The Balaban J connectivity index is 2.09. The van der Waals surface area contributed by atoms with E-state index in [0.29, 0.717) is 5.75 Å². The van der Waals surface area contributed by atoms with Crippen LogP contribution in [0.15, 0.2) is 47.4 Å². The second-order valence-electron chi connectivity index (χ2n) is 5.22. The van der Waals surface area contributed by atoms with Gasteiger partial charge in [0.25, 0.3) is 0 Å². The number of carbonyl (C=O) groups excluding carboxylic acids is 1. The predicted octanol–water partition coefficient (Wildman–Crippen LogP) is 2.20. The maximum Gasteiger partial charge on any atom is 0.326 e. The molecular weight excluding hydrogens is 330 g/mol. The van der Waals surface area contributed by atoms with Crippen LogP contribution in [0.25, 0.3) is 0 Å². The van der Waals surface area contributed by atoms with Crippen LogP contribution in [0.5, 0.6) is 11.5 Å². The van der Waals surface area contributed by atoms with E-state index in [1.54, 1.807) is 44.2 Å². The van der Waals surface area contributed by atoms with Crippen LogP contribution >= 0.6 is 0 Å². The molecule has 2 rings (SSSR count). The average Bonchev–Trinajstić information content (AvgIpc) is 2.55. The van der Waals surface area contributed by atoms with Crippen molar-refractivity contribution in [3.05, 3.63) is 53.6 Å². The minimum atomic E-state index is -3.90. The lowest BCUT2D eigenvalue weighted by molar-refractivity contribution is -0.133. The molecule has 0 fully saturated rings. The SMILES string of the molecule is COc1ccc(C)cc1S(=O)(=O)NCC(=O)Oc1ccccc1C. The summed E-state index contributed by atoms with van der Waals surface area (Å²) in [4.78, 5) is 11.9. The van der Waals surface area contributed by atoms with Crippen molar-refractivity contribution in [2.45, 2.75) is 18.7 Å². The summed E-state index contributed by atoms with van der Waals surface area (Å²) in [5, 5.41) is 0. The van der Waals surface area contributed by atoms with E-state index in [1.165, 1.54) is 13.2 Å². The molecule has 2 aromatic rings. The molecule has 7 heteroatoms. The van der Waals surface area contributed by atoms with Gasteiger partial charge >= 0.3 is 5.97 Å². The van der Waals surface area contributed by atoms with Crippen LogP contribution in [-0.2, 0) is 14.8 Å². The summed E-state index contributed by atoms with van der Waals surface area (Å²) in [6.45, 7) is 3.09. The summed E-state index contributed by atoms with van der Waals surface area (Å²) < 4.78 is 37.2. The van der Waals surface area contributed by atoms with Crippen LogP contribution in [0.2, 0.25) is 0 Å². The summed E-state index contributed by atoms with van der Waals surface area (Å²) in [6.07, 6.45) is 0. The molecule has 0 aliphatic carbocycles. The monoisotopic (exact) mass is 349 g/mol. The Labute approximate surface area is 141 Å². The predicted molar refractivity (Wildman–Crippen MR) is 89.7 cm³/mol. The van der Waals surface area contributed by atoms with Gasteiger partial charge in [-0.3, -0.25) is 4.79 Å². The van der Waals surface area contributed by atoms with Crippen molar-refractivity contribution in [2.75, 3.05) is 13.7 Å². The number of nitrogens with one attached hydrogen (secondary N) is 1. The minimum absolute atomic E-state index is 0.0197. The Kier molecular flexibility index (Phi) is 5.58. The topological polar surface area (TPSA) is 81.7 Å². The van der Waals surface area contributed by atoms with E-state index in [0.717, 1.165) is 11.1 Å². The number of methoxy groups -OCH3 is 1. The van der Waals surface area contributed by atoms with Gasteiger partial charge in [-0.25, -0.2) is 8.42 Å². The van der Waals surface area contributed by atoms with E-state index in [9.17, 15) is 13.2 Å². The van der Waals surface area contributed by atoms with Crippen LogP contribution in [0.1, 0.15) is 11.1 Å². The standard InChI is InChI=1S/C17H19NO5S/c1-12-8-9-15(22-3)16(10-12)24(20,21)18-11-17(19)23-14-7-5-4-6-13(14)2/h4-10,18H,11H2,1-3H3. The van der Waals surface area contributed by atoms with Crippen LogP contribution in [-0.4, -0.2) is 28.0 Å². The summed E-state index contributed by atoms with van der Waals surface area (Å²) in [7, 11) is -2.51. The van der Waals surface area contributed by atoms with E-state index in [2.05, 4.69) is 4.72 Å². The van der Waals surface area contributed by atoms with Crippen molar-refractivity contribution in [1.29, 1.82) is 0 Å². The first-order valence-corrected chi connectivity index (χ1v) is 8.72. The maximum atomic E-state index is 12.4. The fourth-order valence-electron chi connectivity index (χ4n) is 2.06. The third-order valence-electron chi connectivity index (χ3n) is 3.33. The van der Waals surface area contributed by atoms with Gasteiger partial charge in [0, 0.05) is 0 Å². The number of sulfonamides is 1. The molecule has 0 bridgehead atoms. The lowest BCUT2D eigenvalue weighted by Gasteiger charge is -2.12. The number of hydrogen-bond donors (Lipinski definition) is 1. The zero-order valence-electron chi connectivity index (χ0n) is 13.7. The molecule has 0 amide bonds. The number of rotatable bonds is 6. The lowest BCUT2D eigenvalue weighted by Crippen LogP contribution is -2.32. The molecule has 0 saturated heterocycles. The zero-order chi connectivity index (χ0) is 17.7. The normalized spacial score (nSPS) is 11.1. The molecule has 1 N–H and O–H groups in total. The van der Waals surface area contributed by atoms with Crippen molar-refractivity contribution < 1.29 is 22.7 Å². The van der Waals surface area contributed by atoms with Gasteiger partial charge in [0.2, 0.25) is 10.0 Å². The van der Waals surface area contributed by atoms with E-state index < -0.39 is 22.5 Å². The van der Waals surface area contributed by atoms with Crippen LogP contribution in [0.4, 0.5) is 0 Å². The van der Waals surface area contributed by atoms with Crippen molar-refractivity contribution in [3.63, 3.8) is 0 Å². The molecule has 0 aliphatic heterocycles.